The van der Waals surface area contributed by atoms with Crippen molar-refractivity contribution in [3.8, 4) is 10.6 Å². The van der Waals surface area contributed by atoms with E-state index in [2.05, 4.69) is 10.3 Å². The van der Waals surface area contributed by atoms with E-state index in [1.54, 1.807) is 28.6 Å². The molecule has 0 spiro atoms. The van der Waals surface area contributed by atoms with E-state index in [4.69, 9.17) is 8.94 Å². The van der Waals surface area contributed by atoms with Crippen molar-refractivity contribution in [1.82, 2.24) is 19.8 Å². The molecule has 0 radical (unpaired) electrons. The van der Waals surface area contributed by atoms with Crippen molar-refractivity contribution >= 4 is 17.2 Å². The second kappa shape index (κ2) is 7.36. The van der Waals surface area contributed by atoms with Gasteiger partial charge in [0.15, 0.2) is 11.5 Å². The lowest BCUT2D eigenvalue weighted by Gasteiger charge is -2.20. The first kappa shape index (κ1) is 17.9. The smallest absolute Gasteiger partial charge is 0.276 e. The summed E-state index contributed by atoms with van der Waals surface area (Å²) in [7, 11) is 1.97. The average molecular weight is 408 g/mol. The van der Waals surface area contributed by atoms with Gasteiger partial charge in [-0.2, -0.15) is 5.10 Å². The molecule has 1 amide bonds. The minimum absolute atomic E-state index is 0.203. The number of carbonyl (C=O) groups excluding carboxylic acids is 1. The van der Waals surface area contributed by atoms with E-state index in [1.165, 1.54) is 11.3 Å². The maximum atomic E-state index is 13.3. The van der Waals surface area contributed by atoms with Crippen LogP contribution < -0.4 is 0 Å². The van der Waals surface area contributed by atoms with E-state index in [9.17, 15) is 4.79 Å². The number of hydrogen-bond donors (Lipinski definition) is 0. The largest absolute Gasteiger partial charge is 0.467 e. The number of furan rings is 1. The Morgan fingerprint density at radius 1 is 1.28 bits per heavy atom. The molecular formula is C21H20N4O3S. The van der Waals surface area contributed by atoms with E-state index < -0.39 is 0 Å². The number of rotatable bonds is 6. The Morgan fingerprint density at radius 3 is 3.00 bits per heavy atom. The Balaban J connectivity index is 1.44. The molecular weight excluding hydrogens is 388 g/mol. The molecule has 0 unspecified atom stereocenters. The fraction of sp³-hybridized carbons (Fsp3) is 0.286. The van der Waals surface area contributed by atoms with Crippen molar-refractivity contribution in [2.24, 2.45) is 7.05 Å². The minimum Gasteiger partial charge on any atom is -0.467 e. The summed E-state index contributed by atoms with van der Waals surface area (Å²) in [6.07, 6.45) is 4.79. The van der Waals surface area contributed by atoms with E-state index in [-0.39, 0.29) is 11.6 Å². The molecule has 5 rings (SSSR count). The second-order valence-electron chi connectivity index (χ2n) is 7.14. The summed E-state index contributed by atoms with van der Waals surface area (Å²) >= 11 is 1.55. The van der Waals surface area contributed by atoms with Crippen molar-refractivity contribution < 1.29 is 13.7 Å². The van der Waals surface area contributed by atoms with Crippen molar-refractivity contribution in [3.63, 3.8) is 0 Å². The van der Waals surface area contributed by atoms with Gasteiger partial charge in [-0.05, 0) is 48.4 Å². The molecule has 0 atom stereocenters. The van der Waals surface area contributed by atoms with Gasteiger partial charge in [-0.3, -0.25) is 9.48 Å². The summed E-state index contributed by atoms with van der Waals surface area (Å²) in [6.45, 7) is 0.752. The van der Waals surface area contributed by atoms with Crippen LogP contribution in [-0.4, -0.2) is 25.7 Å². The lowest BCUT2D eigenvalue weighted by molar-refractivity contribution is 0.0704. The topological polar surface area (TPSA) is 77.3 Å². The van der Waals surface area contributed by atoms with Gasteiger partial charge in [0.1, 0.15) is 5.76 Å². The summed E-state index contributed by atoms with van der Waals surface area (Å²) in [5.74, 6) is 1.11. The van der Waals surface area contributed by atoms with Gasteiger partial charge >= 0.3 is 0 Å². The molecule has 148 valence electrons. The summed E-state index contributed by atoms with van der Waals surface area (Å²) in [5, 5.41) is 10.7. The summed E-state index contributed by atoms with van der Waals surface area (Å²) in [6, 6.07) is 9.27. The van der Waals surface area contributed by atoms with Gasteiger partial charge < -0.3 is 13.8 Å². The number of aromatic nitrogens is 3. The lowest BCUT2D eigenvalue weighted by atomic mass is 10.2. The standard InChI is InChI=1S/C21H20N4O3S/c1-24-18-7-2-6-15(18)17(22-24)13-25(12-14-5-3-9-27-14)21(26)16-11-19(28-23-16)20-8-4-10-29-20/h3-5,8-11H,2,6-7,12-13H2,1H3. The van der Waals surface area contributed by atoms with Crippen molar-refractivity contribution in [1.29, 1.82) is 0 Å². The second-order valence-corrected chi connectivity index (χ2v) is 8.09. The third-order valence-corrected chi connectivity index (χ3v) is 6.13. The molecule has 4 aromatic heterocycles. The molecule has 4 aromatic rings. The van der Waals surface area contributed by atoms with Crippen molar-refractivity contribution in [2.75, 3.05) is 0 Å². The van der Waals surface area contributed by atoms with Gasteiger partial charge in [-0.1, -0.05) is 11.2 Å². The van der Waals surface area contributed by atoms with Crippen LogP contribution in [0.5, 0.6) is 0 Å². The van der Waals surface area contributed by atoms with Crippen LogP contribution in [0.15, 0.2) is 50.9 Å². The SMILES string of the molecule is Cn1nc(CN(Cc2ccco2)C(=O)c2cc(-c3cccs3)on2)c2c1CCC2. The van der Waals surface area contributed by atoms with Crippen LogP contribution in [-0.2, 0) is 33.0 Å². The third-order valence-electron chi connectivity index (χ3n) is 5.25. The number of amides is 1. The summed E-state index contributed by atoms with van der Waals surface area (Å²) < 4.78 is 12.8. The monoisotopic (exact) mass is 408 g/mol. The van der Waals surface area contributed by atoms with Gasteiger partial charge in [0, 0.05) is 18.8 Å². The van der Waals surface area contributed by atoms with Gasteiger partial charge in [0.05, 0.1) is 29.9 Å². The molecule has 8 heteroatoms. The minimum atomic E-state index is -0.203. The normalized spacial score (nSPS) is 13.0. The Labute approximate surface area is 171 Å². The predicted octanol–water partition coefficient (Wildman–Crippen LogP) is 4.06. The first-order valence-corrected chi connectivity index (χ1v) is 10.4. The van der Waals surface area contributed by atoms with Crippen LogP contribution >= 0.6 is 11.3 Å². The maximum Gasteiger partial charge on any atom is 0.276 e. The van der Waals surface area contributed by atoms with Crippen LogP contribution in [0, 0.1) is 0 Å². The van der Waals surface area contributed by atoms with Gasteiger partial charge in [0.2, 0.25) is 0 Å². The summed E-state index contributed by atoms with van der Waals surface area (Å²) in [5.41, 5.74) is 3.77. The highest BCUT2D eigenvalue weighted by Gasteiger charge is 2.27. The third kappa shape index (κ3) is 3.40. The molecule has 7 nitrogen and oxygen atoms in total. The average Bonchev–Trinajstić information content (AvgIpc) is 3.51. The predicted molar refractivity (Wildman–Crippen MR) is 107 cm³/mol. The van der Waals surface area contributed by atoms with Gasteiger partial charge in [-0.15, -0.1) is 11.3 Å². The van der Waals surface area contributed by atoms with Gasteiger partial charge in [0.25, 0.3) is 5.91 Å². The van der Waals surface area contributed by atoms with Crippen LogP contribution in [0.4, 0.5) is 0 Å². The lowest BCUT2D eigenvalue weighted by Crippen LogP contribution is -2.30. The number of thiophene rings is 1. The summed E-state index contributed by atoms with van der Waals surface area (Å²) in [4.78, 5) is 16.0. The number of fused-ring (bicyclic) bond motifs is 1. The van der Waals surface area contributed by atoms with E-state index in [0.29, 0.717) is 24.6 Å². The van der Waals surface area contributed by atoms with Crippen molar-refractivity contribution in [2.45, 2.75) is 32.4 Å². The molecule has 0 N–H and O–H groups in total. The van der Waals surface area contributed by atoms with Crippen LogP contribution in [0.3, 0.4) is 0 Å². The number of nitrogens with zero attached hydrogens (tertiary/aromatic N) is 4. The molecule has 1 aliphatic rings. The number of hydrogen-bond acceptors (Lipinski definition) is 6. The van der Waals surface area contributed by atoms with Crippen LogP contribution in [0.2, 0.25) is 0 Å². The molecule has 0 saturated carbocycles. The van der Waals surface area contributed by atoms with E-state index >= 15 is 0 Å². The molecule has 0 saturated heterocycles. The molecule has 0 aromatic carbocycles. The molecule has 0 aliphatic heterocycles. The zero-order chi connectivity index (χ0) is 19.8. The van der Waals surface area contributed by atoms with Crippen LogP contribution in [0.1, 0.15) is 39.6 Å². The van der Waals surface area contributed by atoms with Crippen LogP contribution in [0.25, 0.3) is 10.6 Å². The first-order valence-electron chi connectivity index (χ1n) is 9.55. The molecule has 29 heavy (non-hydrogen) atoms. The Hall–Kier alpha value is -3.13. The Morgan fingerprint density at radius 2 is 2.21 bits per heavy atom. The first-order chi connectivity index (χ1) is 14.2. The zero-order valence-corrected chi connectivity index (χ0v) is 16.8. The highest BCUT2D eigenvalue weighted by Crippen LogP contribution is 2.28. The highest BCUT2D eigenvalue weighted by atomic mass is 32.1. The highest BCUT2D eigenvalue weighted by molar-refractivity contribution is 7.13. The number of carbonyl (C=O) groups is 1. The Kier molecular flexibility index (Phi) is 4.55. The molecule has 0 fully saturated rings. The quantitative estimate of drug-likeness (QED) is 0.481. The van der Waals surface area contributed by atoms with E-state index in [0.717, 1.165) is 29.8 Å². The Bertz CT molecular complexity index is 1130. The maximum absolute atomic E-state index is 13.3. The molecule has 0 bridgehead atoms. The fourth-order valence-electron chi connectivity index (χ4n) is 3.87. The molecule has 4 heterocycles. The zero-order valence-electron chi connectivity index (χ0n) is 16.0. The van der Waals surface area contributed by atoms with Gasteiger partial charge in [-0.25, -0.2) is 0 Å². The van der Waals surface area contributed by atoms with Crippen molar-refractivity contribution in [3.05, 3.63) is 70.4 Å². The van der Waals surface area contributed by atoms with E-state index in [1.807, 2.05) is 41.4 Å². The molecule has 1 aliphatic carbocycles. The fourth-order valence-corrected chi connectivity index (χ4v) is 4.54. The number of aryl methyl sites for hydroxylation is 1.